The maximum atomic E-state index is 5.99. The number of hydrogen-bond donors (Lipinski definition) is 0. The third kappa shape index (κ3) is 4.43. The third-order valence-corrected chi connectivity index (χ3v) is 7.40. The van der Waals surface area contributed by atoms with Gasteiger partial charge >= 0.3 is 0 Å². The van der Waals surface area contributed by atoms with Crippen LogP contribution in [0.15, 0.2) is 24.4 Å². The summed E-state index contributed by atoms with van der Waals surface area (Å²) < 4.78 is 8.47. The van der Waals surface area contributed by atoms with Gasteiger partial charge in [0.15, 0.2) is 0 Å². The zero-order valence-corrected chi connectivity index (χ0v) is 17.9. The maximum Gasteiger partial charge on any atom is 0.0671 e. The van der Waals surface area contributed by atoms with Crippen LogP contribution >= 0.6 is 10.0 Å². The molecule has 4 rings (SSSR count). The highest BCUT2D eigenvalue weighted by molar-refractivity contribution is 8.32. The summed E-state index contributed by atoms with van der Waals surface area (Å²) in [5.74, 6) is 2.35. The minimum atomic E-state index is -0.468. The molecule has 1 saturated carbocycles. The van der Waals surface area contributed by atoms with Gasteiger partial charge in [-0.25, -0.2) is 10.0 Å². The monoisotopic (exact) mass is 386 g/mol. The molecule has 3 nitrogen and oxygen atoms in total. The second kappa shape index (κ2) is 8.00. The van der Waals surface area contributed by atoms with Crippen molar-refractivity contribution < 1.29 is 4.74 Å². The van der Waals surface area contributed by atoms with Crippen molar-refractivity contribution in [3.63, 3.8) is 0 Å². The van der Waals surface area contributed by atoms with E-state index in [0.29, 0.717) is 11.8 Å². The first kappa shape index (κ1) is 19.1. The summed E-state index contributed by atoms with van der Waals surface area (Å²) >= 11 is 0. The van der Waals surface area contributed by atoms with Crippen molar-refractivity contribution in [3.8, 4) is 0 Å². The molecule has 0 radical (unpaired) electrons. The van der Waals surface area contributed by atoms with Gasteiger partial charge in [-0.15, -0.1) is 0 Å². The van der Waals surface area contributed by atoms with Crippen LogP contribution in [0.4, 0.5) is 0 Å². The molecule has 0 N–H and O–H groups in total. The number of aromatic nitrogens is 2. The molecule has 0 amide bonds. The van der Waals surface area contributed by atoms with E-state index < -0.39 is 10.0 Å². The van der Waals surface area contributed by atoms with E-state index in [2.05, 4.69) is 53.6 Å². The SMILES string of the molecule is CS(C)(C)CCOCC1C=Cc2c(ncc3ccc(C4CCCCC4)n23)C1. The summed E-state index contributed by atoms with van der Waals surface area (Å²) in [5.41, 5.74) is 5.26. The Balaban J connectivity index is 1.49. The fourth-order valence-corrected chi connectivity index (χ4v) is 5.05. The Morgan fingerprint density at radius 3 is 2.74 bits per heavy atom. The average Bonchev–Trinajstić information content (AvgIpc) is 3.09. The van der Waals surface area contributed by atoms with Gasteiger partial charge in [0.1, 0.15) is 0 Å². The van der Waals surface area contributed by atoms with Crippen molar-refractivity contribution in [2.75, 3.05) is 37.7 Å². The van der Waals surface area contributed by atoms with Crippen LogP contribution in [0.5, 0.6) is 0 Å². The predicted molar refractivity (Wildman–Crippen MR) is 118 cm³/mol. The van der Waals surface area contributed by atoms with E-state index in [1.165, 1.54) is 60.5 Å². The van der Waals surface area contributed by atoms with Gasteiger partial charge < -0.3 is 9.14 Å². The zero-order chi connectivity index (χ0) is 18.9. The molecule has 2 aromatic rings. The molecule has 0 aromatic carbocycles. The number of fused-ring (bicyclic) bond motifs is 3. The first-order valence-corrected chi connectivity index (χ1v) is 13.5. The summed E-state index contributed by atoms with van der Waals surface area (Å²) in [5, 5.41) is 0. The number of nitrogens with zero attached hydrogens (tertiary/aromatic N) is 2. The smallest absolute Gasteiger partial charge is 0.0671 e. The van der Waals surface area contributed by atoms with Crippen molar-refractivity contribution in [2.45, 2.75) is 44.4 Å². The second-order valence-corrected chi connectivity index (χ2v) is 13.7. The van der Waals surface area contributed by atoms with E-state index in [1.54, 1.807) is 0 Å². The summed E-state index contributed by atoms with van der Waals surface area (Å²) in [6, 6.07) is 4.58. The third-order valence-electron chi connectivity index (χ3n) is 6.01. The minimum absolute atomic E-state index is 0.450. The first-order chi connectivity index (χ1) is 13.0. The number of hydrogen-bond acceptors (Lipinski definition) is 2. The minimum Gasteiger partial charge on any atom is -0.380 e. The van der Waals surface area contributed by atoms with Gasteiger partial charge in [0.05, 0.1) is 36.3 Å². The van der Waals surface area contributed by atoms with E-state index in [4.69, 9.17) is 9.72 Å². The van der Waals surface area contributed by atoms with Crippen LogP contribution < -0.4 is 0 Å². The summed E-state index contributed by atoms with van der Waals surface area (Å²) in [6.07, 6.45) is 21.6. The lowest BCUT2D eigenvalue weighted by atomic mass is 9.87. The Morgan fingerprint density at radius 1 is 1.15 bits per heavy atom. The van der Waals surface area contributed by atoms with Gasteiger partial charge in [-0.2, -0.15) is 0 Å². The molecule has 1 fully saturated rings. The second-order valence-electron chi connectivity index (χ2n) is 9.14. The molecule has 148 valence electrons. The maximum absolute atomic E-state index is 5.99. The van der Waals surface area contributed by atoms with Crippen molar-refractivity contribution in [3.05, 3.63) is 41.5 Å². The molecular formula is C23H34N2OS. The van der Waals surface area contributed by atoms with Crippen LogP contribution in [0.25, 0.3) is 11.6 Å². The van der Waals surface area contributed by atoms with Crippen LogP contribution in [0, 0.1) is 5.92 Å². The highest BCUT2D eigenvalue weighted by Gasteiger charge is 2.23. The van der Waals surface area contributed by atoms with E-state index >= 15 is 0 Å². The van der Waals surface area contributed by atoms with Gasteiger partial charge in [-0.3, -0.25) is 4.98 Å². The van der Waals surface area contributed by atoms with Gasteiger partial charge in [0.2, 0.25) is 0 Å². The van der Waals surface area contributed by atoms with E-state index in [0.717, 1.165) is 19.6 Å². The fourth-order valence-electron chi connectivity index (χ4n) is 4.43. The number of rotatable bonds is 6. The molecule has 0 aliphatic heterocycles. The lowest BCUT2D eigenvalue weighted by molar-refractivity contribution is 0.126. The van der Waals surface area contributed by atoms with Crippen LogP contribution in [-0.2, 0) is 11.2 Å². The quantitative estimate of drug-likeness (QED) is 0.632. The Kier molecular flexibility index (Phi) is 5.65. The molecule has 0 saturated heterocycles. The lowest BCUT2D eigenvalue weighted by Crippen LogP contribution is -2.19. The Morgan fingerprint density at radius 2 is 1.96 bits per heavy atom. The largest absolute Gasteiger partial charge is 0.380 e. The van der Waals surface area contributed by atoms with Crippen molar-refractivity contribution >= 4 is 21.6 Å². The Bertz CT molecular complexity index is 812. The van der Waals surface area contributed by atoms with Crippen molar-refractivity contribution in [2.24, 2.45) is 5.92 Å². The van der Waals surface area contributed by atoms with Crippen LogP contribution in [0.1, 0.15) is 55.1 Å². The van der Waals surface area contributed by atoms with Crippen LogP contribution in [-0.4, -0.2) is 47.1 Å². The Hall–Kier alpha value is -1.26. The topological polar surface area (TPSA) is 26.5 Å². The van der Waals surface area contributed by atoms with Crippen molar-refractivity contribution in [1.29, 1.82) is 0 Å². The number of ether oxygens (including phenoxy) is 1. The van der Waals surface area contributed by atoms with Gasteiger partial charge in [0.25, 0.3) is 0 Å². The normalized spacial score (nSPS) is 21.5. The van der Waals surface area contributed by atoms with Gasteiger partial charge in [-0.1, -0.05) is 25.3 Å². The van der Waals surface area contributed by atoms with Crippen molar-refractivity contribution in [1.82, 2.24) is 9.38 Å². The molecule has 2 aromatic heterocycles. The molecule has 2 aliphatic rings. The average molecular weight is 387 g/mol. The molecule has 0 bridgehead atoms. The Labute approximate surface area is 165 Å². The van der Waals surface area contributed by atoms with Gasteiger partial charge in [0, 0.05) is 23.8 Å². The van der Waals surface area contributed by atoms with E-state index in [1.807, 2.05) is 0 Å². The molecule has 1 atom stereocenters. The molecule has 2 heterocycles. The van der Waals surface area contributed by atoms with Crippen LogP contribution in [0.3, 0.4) is 0 Å². The summed E-state index contributed by atoms with van der Waals surface area (Å²) in [4.78, 5) is 4.80. The molecule has 1 unspecified atom stereocenters. The van der Waals surface area contributed by atoms with Gasteiger partial charge in [-0.05, 0) is 55.7 Å². The predicted octanol–water partition coefficient (Wildman–Crippen LogP) is 5.28. The zero-order valence-electron chi connectivity index (χ0n) is 17.1. The first-order valence-electron chi connectivity index (χ1n) is 10.4. The van der Waals surface area contributed by atoms with E-state index in [-0.39, 0.29) is 0 Å². The fraction of sp³-hybridized carbons (Fsp3) is 0.609. The molecule has 2 aliphatic carbocycles. The molecular weight excluding hydrogens is 352 g/mol. The lowest BCUT2D eigenvalue weighted by Gasteiger charge is -2.26. The standard InChI is InChI=1S/C23H34N2OS/c1-27(2,3)14-13-26-17-18-9-11-23-21(15-18)24-16-20-10-12-22(25(20)23)19-7-5-4-6-8-19/h9-12,16,18-19H,4-8,13-15,17H2,1-3H3. The molecule has 0 spiro atoms. The highest BCUT2D eigenvalue weighted by atomic mass is 32.3. The van der Waals surface area contributed by atoms with E-state index in [9.17, 15) is 0 Å². The highest BCUT2D eigenvalue weighted by Crippen LogP contribution is 2.36. The summed E-state index contributed by atoms with van der Waals surface area (Å²) in [6.45, 7) is 1.69. The molecule has 4 heteroatoms. The van der Waals surface area contributed by atoms with Crippen LogP contribution in [0.2, 0.25) is 0 Å². The molecule has 27 heavy (non-hydrogen) atoms. The summed E-state index contributed by atoms with van der Waals surface area (Å²) in [7, 11) is -0.468.